The first-order valence-electron chi connectivity index (χ1n) is 7.92. The van der Waals surface area contributed by atoms with Gasteiger partial charge in [0.2, 0.25) is 0 Å². The first kappa shape index (κ1) is 14.0. The summed E-state index contributed by atoms with van der Waals surface area (Å²) in [6.45, 7) is 1.22. The molecule has 0 saturated heterocycles. The van der Waals surface area contributed by atoms with E-state index in [1.165, 1.54) is 29.8 Å². The van der Waals surface area contributed by atoms with Crippen LogP contribution in [0.4, 0.5) is 0 Å². The molecule has 4 nitrogen and oxygen atoms in total. The van der Waals surface area contributed by atoms with Gasteiger partial charge in [-0.2, -0.15) is 0 Å². The van der Waals surface area contributed by atoms with Crippen LogP contribution in [0.25, 0.3) is 0 Å². The van der Waals surface area contributed by atoms with Crippen molar-refractivity contribution in [2.75, 3.05) is 13.2 Å². The van der Waals surface area contributed by atoms with Gasteiger partial charge < -0.3 is 15.2 Å². The van der Waals surface area contributed by atoms with Crippen LogP contribution in [-0.2, 0) is 19.3 Å². The average Bonchev–Trinajstić information content (AvgIpc) is 2.96. The summed E-state index contributed by atoms with van der Waals surface area (Å²) < 4.78 is 11.2. The fraction of sp³-hybridized carbons (Fsp3) is 0.471. The van der Waals surface area contributed by atoms with Crippen LogP contribution in [0.3, 0.4) is 0 Å². The van der Waals surface area contributed by atoms with E-state index in [9.17, 15) is 0 Å². The lowest BCUT2D eigenvalue weighted by Crippen LogP contribution is -2.17. The lowest BCUT2D eigenvalue weighted by molar-refractivity contribution is 0.171. The first-order valence-corrected chi connectivity index (χ1v) is 8.74. The number of ether oxygens (including phenoxy) is 2. The SMILES string of the molecule is NC(Cc1nc2c(s1)CCCC2)c1ccc2c(c1)OCCO2. The van der Waals surface area contributed by atoms with Gasteiger partial charge in [0, 0.05) is 17.3 Å². The van der Waals surface area contributed by atoms with E-state index in [4.69, 9.17) is 20.2 Å². The highest BCUT2D eigenvalue weighted by Gasteiger charge is 2.19. The van der Waals surface area contributed by atoms with Crippen LogP contribution < -0.4 is 15.2 Å². The zero-order chi connectivity index (χ0) is 14.9. The monoisotopic (exact) mass is 316 g/mol. The predicted molar refractivity (Wildman–Crippen MR) is 86.8 cm³/mol. The fourth-order valence-electron chi connectivity index (χ4n) is 3.09. The van der Waals surface area contributed by atoms with Crippen molar-refractivity contribution < 1.29 is 9.47 Å². The highest BCUT2D eigenvalue weighted by atomic mass is 32.1. The number of nitrogens with two attached hydrogens (primary N) is 1. The summed E-state index contributed by atoms with van der Waals surface area (Å²) in [6, 6.07) is 5.94. The zero-order valence-electron chi connectivity index (χ0n) is 12.5. The molecule has 1 atom stereocenters. The molecule has 0 spiro atoms. The number of aromatic nitrogens is 1. The Morgan fingerprint density at radius 3 is 2.82 bits per heavy atom. The van der Waals surface area contributed by atoms with Crippen LogP contribution in [0.2, 0.25) is 0 Å². The molecule has 0 saturated carbocycles. The highest BCUT2D eigenvalue weighted by molar-refractivity contribution is 7.11. The lowest BCUT2D eigenvalue weighted by Gasteiger charge is -2.20. The summed E-state index contributed by atoms with van der Waals surface area (Å²) in [5, 5.41) is 1.16. The largest absolute Gasteiger partial charge is 0.486 e. The van der Waals surface area contributed by atoms with E-state index in [1.807, 2.05) is 29.5 Å². The number of hydrogen-bond donors (Lipinski definition) is 1. The minimum Gasteiger partial charge on any atom is -0.486 e. The minimum atomic E-state index is -0.0524. The number of aryl methyl sites for hydroxylation is 2. The normalized spacial score (nSPS) is 17.9. The number of fused-ring (bicyclic) bond motifs is 2. The molecule has 22 heavy (non-hydrogen) atoms. The van der Waals surface area contributed by atoms with Crippen molar-refractivity contribution in [2.24, 2.45) is 5.73 Å². The van der Waals surface area contributed by atoms with Crippen LogP contribution in [0.5, 0.6) is 11.5 Å². The van der Waals surface area contributed by atoms with Crippen LogP contribution in [0, 0.1) is 0 Å². The van der Waals surface area contributed by atoms with E-state index in [0.29, 0.717) is 13.2 Å². The van der Waals surface area contributed by atoms with Gasteiger partial charge in [0.25, 0.3) is 0 Å². The number of thiazole rings is 1. The smallest absolute Gasteiger partial charge is 0.161 e. The standard InChI is InChI=1S/C17H20N2O2S/c18-12(10-17-19-13-3-1-2-4-16(13)22-17)11-5-6-14-15(9-11)21-8-7-20-14/h5-6,9,12H,1-4,7-8,10,18H2. The van der Waals surface area contributed by atoms with Crippen molar-refractivity contribution in [3.05, 3.63) is 39.3 Å². The second kappa shape index (κ2) is 5.89. The molecule has 1 aliphatic carbocycles. The van der Waals surface area contributed by atoms with Gasteiger partial charge in [0.05, 0.1) is 10.7 Å². The third-order valence-corrected chi connectivity index (χ3v) is 5.46. The quantitative estimate of drug-likeness (QED) is 0.945. The Bertz CT molecular complexity index is 660. The van der Waals surface area contributed by atoms with E-state index in [2.05, 4.69) is 0 Å². The maximum Gasteiger partial charge on any atom is 0.161 e. The van der Waals surface area contributed by atoms with Crippen molar-refractivity contribution in [3.63, 3.8) is 0 Å². The van der Waals surface area contributed by atoms with Gasteiger partial charge in [-0.3, -0.25) is 0 Å². The number of rotatable bonds is 3. The minimum absolute atomic E-state index is 0.0524. The highest BCUT2D eigenvalue weighted by Crippen LogP contribution is 2.34. The molecule has 2 aromatic rings. The van der Waals surface area contributed by atoms with Crippen LogP contribution in [0.1, 0.15) is 40.0 Å². The Balaban J connectivity index is 1.52. The van der Waals surface area contributed by atoms with Gasteiger partial charge in [0.1, 0.15) is 13.2 Å². The van der Waals surface area contributed by atoms with Crippen molar-refractivity contribution in [1.29, 1.82) is 0 Å². The molecular formula is C17H20N2O2S. The van der Waals surface area contributed by atoms with E-state index in [1.54, 1.807) is 0 Å². The van der Waals surface area contributed by atoms with E-state index < -0.39 is 0 Å². The van der Waals surface area contributed by atoms with Crippen LogP contribution >= 0.6 is 11.3 Å². The molecule has 4 rings (SSSR count). The van der Waals surface area contributed by atoms with Gasteiger partial charge in [0.15, 0.2) is 11.5 Å². The Kier molecular flexibility index (Phi) is 3.76. The molecule has 116 valence electrons. The summed E-state index contributed by atoms with van der Waals surface area (Å²) in [5.41, 5.74) is 8.78. The maximum absolute atomic E-state index is 6.39. The second-order valence-electron chi connectivity index (χ2n) is 5.90. The van der Waals surface area contributed by atoms with Crippen molar-refractivity contribution in [3.8, 4) is 11.5 Å². The van der Waals surface area contributed by atoms with E-state index >= 15 is 0 Å². The van der Waals surface area contributed by atoms with Crippen molar-refractivity contribution >= 4 is 11.3 Å². The van der Waals surface area contributed by atoms with Gasteiger partial charge in [-0.15, -0.1) is 11.3 Å². The number of benzene rings is 1. The van der Waals surface area contributed by atoms with Crippen LogP contribution in [0.15, 0.2) is 18.2 Å². The lowest BCUT2D eigenvalue weighted by atomic mass is 10.0. The van der Waals surface area contributed by atoms with Gasteiger partial charge in [-0.05, 0) is 43.4 Å². The van der Waals surface area contributed by atoms with E-state index in [-0.39, 0.29) is 6.04 Å². The Morgan fingerprint density at radius 1 is 1.14 bits per heavy atom. The fourth-order valence-corrected chi connectivity index (χ4v) is 4.30. The van der Waals surface area contributed by atoms with Crippen molar-refractivity contribution in [2.45, 2.75) is 38.1 Å². The molecule has 2 N–H and O–H groups in total. The summed E-state index contributed by atoms with van der Waals surface area (Å²) in [4.78, 5) is 6.25. The Labute approximate surface area is 134 Å². The van der Waals surface area contributed by atoms with Crippen LogP contribution in [-0.4, -0.2) is 18.2 Å². The van der Waals surface area contributed by atoms with Crippen molar-refractivity contribution in [1.82, 2.24) is 4.98 Å². The molecule has 0 amide bonds. The Hall–Kier alpha value is -1.59. The zero-order valence-corrected chi connectivity index (χ0v) is 13.3. The summed E-state index contributed by atoms with van der Waals surface area (Å²) in [5.74, 6) is 1.62. The molecule has 5 heteroatoms. The molecule has 2 aliphatic rings. The number of nitrogens with zero attached hydrogens (tertiary/aromatic N) is 1. The molecule has 1 aromatic carbocycles. The molecule has 2 heterocycles. The maximum atomic E-state index is 6.39. The van der Waals surface area contributed by atoms with Gasteiger partial charge in [-0.25, -0.2) is 4.98 Å². The van der Waals surface area contributed by atoms with Gasteiger partial charge >= 0.3 is 0 Å². The summed E-state index contributed by atoms with van der Waals surface area (Å²) >= 11 is 1.84. The van der Waals surface area contributed by atoms with Gasteiger partial charge in [-0.1, -0.05) is 6.07 Å². The molecular weight excluding hydrogens is 296 g/mol. The molecule has 0 bridgehead atoms. The predicted octanol–water partition coefficient (Wildman–Crippen LogP) is 3.04. The third-order valence-electron chi connectivity index (χ3n) is 4.28. The second-order valence-corrected chi connectivity index (χ2v) is 7.07. The summed E-state index contributed by atoms with van der Waals surface area (Å²) in [6.07, 6.45) is 5.67. The topological polar surface area (TPSA) is 57.4 Å². The molecule has 1 aliphatic heterocycles. The molecule has 1 aromatic heterocycles. The molecule has 0 radical (unpaired) electrons. The average molecular weight is 316 g/mol. The molecule has 1 unspecified atom stereocenters. The summed E-state index contributed by atoms with van der Waals surface area (Å²) in [7, 11) is 0. The third kappa shape index (κ3) is 2.71. The first-order chi connectivity index (χ1) is 10.8. The number of hydrogen-bond acceptors (Lipinski definition) is 5. The molecule has 0 fully saturated rings. The van der Waals surface area contributed by atoms with E-state index in [0.717, 1.165) is 34.9 Å². The Morgan fingerprint density at radius 2 is 1.95 bits per heavy atom.